The Kier molecular flexibility index (Phi) is 6.35. The molecule has 0 bridgehead atoms. The van der Waals surface area contributed by atoms with Crippen LogP contribution in [0.5, 0.6) is 5.75 Å². The van der Waals surface area contributed by atoms with Crippen LogP contribution in [0.3, 0.4) is 0 Å². The van der Waals surface area contributed by atoms with Crippen LogP contribution in [-0.4, -0.2) is 23.8 Å². The van der Waals surface area contributed by atoms with Gasteiger partial charge in [0, 0.05) is 17.9 Å². The standard InChI is InChI=1S/C24H22N2O3S/c1-28-20-10-9-18-13-19(12-17-6-3-2-4-7-17)24(26-22(18)14-20)30-16-23(27)25-15-21-8-5-11-29-21/h2-11,13-14H,12,15-16H2,1H3,(H,25,27). The highest BCUT2D eigenvalue weighted by molar-refractivity contribution is 7.99. The van der Waals surface area contributed by atoms with E-state index in [0.29, 0.717) is 6.54 Å². The number of carbonyl (C=O) groups is 1. The number of aromatic nitrogens is 1. The van der Waals surface area contributed by atoms with Gasteiger partial charge in [0.2, 0.25) is 5.91 Å². The number of rotatable bonds is 8. The second kappa shape index (κ2) is 9.50. The van der Waals surface area contributed by atoms with Crippen molar-refractivity contribution in [1.29, 1.82) is 0 Å². The Morgan fingerprint density at radius 1 is 1.10 bits per heavy atom. The predicted molar refractivity (Wildman–Crippen MR) is 119 cm³/mol. The van der Waals surface area contributed by atoms with Gasteiger partial charge in [-0.1, -0.05) is 42.1 Å². The van der Waals surface area contributed by atoms with Crippen LogP contribution < -0.4 is 10.1 Å². The lowest BCUT2D eigenvalue weighted by Crippen LogP contribution is -2.24. The number of ether oxygens (including phenoxy) is 1. The molecule has 0 fully saturated rings. The fourth-order valence-corrected chi connectivity index (χ4v) is 4.00. The first-order valence-electron chi connectivity index (χ1n) is 9.65. The normalized spacial score (nSPS) is 10.8. The van der Waals surface area contributed by atoms with Crippen molar-refractivity contribution in [3.05, 3.63) is 89.9 Å². The van der Waals surface area contributed by atoms with E-state index >= 15 is 0 Å². The minimum absolute atomic E-state index is 0.0606. The van der Waals surface area contributed by atoms with Crippen molar-refractivity contribution >= 4 is 28.6 Å². The van der Waals surface area contributed by atoms with E-state index in [9.17, 15) is 4.79 Å². The Labute approximate surface area is 179 Å². The predicted octanol–water partition coefficient (Wildman–Crippen LogP) is 4.84. The molecule has 0 saturated heterocycles. The molecule has 0 radical (unpaired) electrons. The van der Waals surface area contributed by atoms with Crippen molar-refractivity contribution in [2.24, 2.45) is 0 Å². The molecule has 1 N–H and O–H groups in total. The van der Waals surface area contributed by atoms with E-state index in [2.05, 4.69) is 23.5 Å². The molecule has 152 valence electrons. The number of nitrogens with one attached hydrogen (secondary N) is 1. The molecular formula is C24H22N2O3S. The SMILES string of the molecule is COc1ccc2cc(Cc3ccccc3)c(SCC(=O)NCc3ccco3)nc2c1. The summed E-state index contributed by atoms with van der Waals surface area (Å²) < 4.78 is 10.6. The summed E-state index contributed by atoms with van der Waals surface area (Å²) in [6.45, 7) is 0.381. The van der Waals surface area contributed by atoms with E-state index in [0.717, 1.165) is 39.4 Å². The van der Waals surface area contributed by atoms with Crippen molar-refractivity contribution in [3.8, 4) is 5.75 Å². The highest BCUT2D eigenvalue weighted by Crippen LogP contribution is 2.29. The highest BCUT2D eigenvalue weighted by atomic mass is 32.2. The Balaban J connectivity index is 1.55. The van der Waals surface area contributed by atoms with E-state index < -0.39 is 0 Å². The zero-order valence-electron chi connectivity index (χ0n) is 16.6. The lowest BCUT2D eigenvalue weighted by molar-refractivity contribution is -0.118. The van der Waals surface area contributed by atoms with Crippen LogP contribution in [0.2, 0.25) is 0 Å². The monoisotopic (exact) mass is 418 g/mol. The number of methoxy groups -OCH3 is 1. The van der Waals surface area contributed by atoms with Crippen molar-refractivity contribution in [3.63, 3.8) is 0 Å². The van der Waals surface area contributed by atoms with Crippen LogP contribution in [0, 0.1) is 0 Å². The van der Waals surface area contributed by atoms with Crippen LogP contribution in [0.4, 0.5) is 0 Å². The molecule has 0 spiro atoms. The van der Waals surface area contributed by atoms with Crippen LogP contribution in [-0.2, 0) is 17.8 Å². The first-order chi connectivity index (χ1) is 14.7. The minimum Gasteiger partial charge on any atom is -0.497 e. The summed E-state index contributed by atoms with van der Waals surface area (Å²) in [5.41, 5.74) is 3.16. The lowest BCUT2D eigenvalue weighted by atomic mass is 10.0. The third kappa shape index (κ3) is 5.02. The second-order valence-electron chi connectivity index (χ2n) is 6.82. The number of thioether (sulfide) groups is 1. The zero-order chi connectivity index (χ0) is 20.8. The van der Waals surface area contributed by atoms with E-state index in [1.807, 2.05) is 42.5 Å². The quantitative estimate of drug-likeness (QED) is 0.415. The Morgan fingerprint density at radius 3 is 2.73 bits per heavy atom. The third-order valence-electron chi connectivity index (χ3n) is 4.68. The van der Waals surface area contributed by atoms with Crippen molar-refractivity contribution < 1.29 is 13.9 Å². The van der Waals surface area contributed by atoms with Crippen LogP contribution >= 0.6 is 11.8 Å². The maximum atomic E-state index is 12.3. The van der Waals surface area contributed by atoms with Crippen LogP contribution in [0.25, 0.3) is 10.9 Å². The molecule has 0 aliphatic rings. The molecule has 2 aromatic heterocycles. The second-order valence-corrected chi connectivity index (χ2v) is 7.78. The lowest BCUT2D eigenvalue weighted by Gasteiger charge is -2.12. The number of nitrogens with zero attached hydrogens (tertiary/aromatic N) is 1. The Hall–Kier alpha value is -3.25. The van der Waals surface area contributed by atoms with Gasteiger partial charge in [0.1, 0.15) is 16.5 Å². The summed E-state index contributed by atoms with van der Waals surface area (Å²) in [6.07, 6.45) is 2.35. The molecule has 30 heavy (non-hydrogen) atoms. The Morgan fingerprint density at radius 2 is 1.97 bits per heavy atom. The number of fused-ring (bicyclic) bond motifs is 1. The molecule has 0 aliphatic carbocycles. The van der Waals surface area contributed by atoms with Gasteiger partial charge in [0.15, 0.2) is 0 Å². The van der Waals surface area contributed by atoms with Gasteiger partial charge in [0.05, 0.1) is 31.2 Å². The van der Waals surface area contributed by atoms with Gasteiger partial charge >= 0.3 is 0 Å². The van der Waals surface area contributed by atoms with Gasteiger partial charge in [-0.25, -0.2) is 4.98 Å². The topological polar surface area (TPSA) is 64.4 Å². The maximum absolute atomic E-state index is 12.3. The van der Waals surface area contributed by atoms with E-state index in [1.54, 1.807) is 19.4 Å². The van der Waals surface area contributed by atoms with Gasteiger partial charge in [-0.15, -0.1) is 0 Å². The number of hydrogen-bond donors (Lipinski definition) is 1. The molecule has 2 aromatic carbocycles. The summed E-state index contributed by atoms with van der Waals surface area (Å²) in [7, 11) is 1.64. The number of benzene rings is 2. The summed E-state index contributed by atoms with van der Waals surface area (Å²) in [5.74, 6) is 1.71. The molecule has 0 aliphatic heterocycles. The van der Waals surface area contributed by atoms with Gasteiger partial charge in [-0.05, 0) is 41.5 Å². The molecule has 0 atom stereocenters. The van der Waals surface area contributed by atoms with Gasteiger partial charge in [0.25, 0.3) is 0 Å². The summed E-state index contributed by atoms with van der Waals surface area (Å²) >= 11 is 1.45. The molecule has 0 saturated carbocycles. The fourth-order valence-electron chi connectivity index (χ4n) is 3.15. The van der Waals surface area contributed by atoms with Gasteiger partial charge < -0.3 is 14.5 Å². The minimum atomic E-state index is -0.0606. The summed E-state index contributed by atoms with van der Waals surface area (Å²) in [6, 6.07) is 21.9. The van der Waals surface area contributed by atoms with Gasteiger partial charge in [-0.2, -0.15) is 0 Å². The van der Waals surface area contributed by atoms with Crippen LogP contribution in [0.15, 0.2) is 82.4 Å². The summed E-state index contributed by atoms with van der Waals surface area (Å²) in [5, 5.41) is 4.78. The molecule has 1 amide bonds. The number of furan rings is 1. The van der Waals surface area contributed by atoms with E-state index in [4.69, 9.17) is 14.1 Å². The molecule has 6 heteroatoms. The maximum Gasteiger partial charge on any atom is 0.230 e. The van der Waals surface area contributed by atoms with Crippen LogP contribution in [0.1, 0.15) is 16.9 Å². The van der Waals surface area contributed by atoms with E-state index in [-0.39, 0.29) is 11.7 Å². The first kappa shape index (κ1) is 20.0. The van der Waals surface area contributed by atoms with Crippen molar-refractivity contribution in [1.82, 2.24) is 10.3 Å². The fraction of sp³-hybridized carbons (Fsp3) is 0.167. The average molecular weight is 419 g/mol. The molecule has 4 aromatic rings. The molecule has 5 nitrogen and oxygen atoms in total. The molecule has 2 heterocycles. The van der Waals surface area contributed by atoms with Crippen molar-refractivity contribution in [2.75, 3.05) is 12.9 Å². The first-order valence-corrected chi connectivity index (χ1v) is 10.6. The van der Waals surface area contributed by atoms with Crippen molar-refractivity contribution in [2.45, 2.75) is 18.0 Å². The number of hydrogen-bond acceptors (Lipinski definition) is 5. The Bertz CT molecular complexity index is 1130. The van der Waals surface area contributed by atoms with E-state index in [1.165, 1.54) is 17.3 Å². The summed E-state index contributed by atoms with van der Waals surface area (Å²) in [4.78, 5) is 17.2. The molecular weight excluding hydrogens is 396 g/mol. The average Bonchev–Trinajstić information content (AvgIpc) is 3.30. The number of carbonyl (C=O) groups excluding carboxylic acids is 1. The number of amides is 1. The molecule has 4 rings (SSSR count). The number of pyridine rings is 1. The largest absolute Gasteiger partial charge is 0.497 e. The third-order valence-corrected chi connectivity index (χ3v) is 5.71. The molecule has 0 unspecified atom stereocenters. The van der Waals surface area contributed by atoms with Gasteiger partial charge in [-0.3, -0.25) is 4.79 Å². The highest BCUT2D eigenvalue weighted by Gasteiger charge is 2.12. The zero-order valence-corrected chi connectivity index (χ0v) is 17.4. The smallest absolute Gasteiger partial charge is 0.230 e.